The highest BCUT2D eigenvalue weighted by Gasteiger charge is 2.50. The van der Waals surface area contributed by atoms with Gasteiger partial charge in [-0.15, -0.1) is 12.3 Å². The van der Waals surface area contributed by atoms with Gasteiger partial charge in [0.25, 0.3) is 5.91 Å². The molecule has 0 aromatic heterocycles. The molecular weight excluding hydrogens is 640 g/mol. The number of rotatable bonds is 16. The fourth-order valence-corrected chi connectivity index (χ4v) is 6.88. The maximum Gasteiger partial charge on any atom is 0.407 e. The van der Waals surface area contributed by atoms with Crippen LogP contribution >= 0.6 is 0 Å². The standard InChI is InChI=1S/C37H62N6O7/c1-10-13-17-26(29(44)32(46)39-21-11-2)40-31(45)28-25(24(4)5)18-22-43(28)33(47)30(37(9)19-15-14-16-20-37)42-34(48)41-27(36(6,7)8)23-50-35(49)38-12-3/h1,24-28,30H,11-23H2,2-9H3,(H,38,49)(H,39,46)(H,40,45)(H2,41,42,48)/t25?,26?,27-,28+,30-/m1/s1. The molecule has 6 amide bonds. The van der Waals surface area contributed by atoms with Gasteiger partial charge in [-0.1, -0.05) is 67.7 Å². The lowest BCUT2D eigenvalue weighted by Gasteiger charge is -2.43. The Morgan fingerprint density at radius 2 is 1.64 bits per heavy atom. The van der Waals surface area contributed by atoms with E-state index in [1.54, 1.807) is 11.8 Å². The molecule has 5 N–H and O–H groups in total. The first-order valence-electron chi connectivity index (χ1n) is 18.3. The number of alkyl carbamates (subject to hydrolysis) is 1. The Morgan fingerprint density at radius 3 is 2.20 bits per heavy atom. The zero-order valence-corrected chi connectivity index (χ0v) is 31.5. The van der Waals surface area contributed by atoms with Crippen LogP contribution in [0.15, 0.2) is 0 Å². The molecule has 0 aromatic rings. The van der Waals surface area contributed by atoms with Crippen LogP contribution in [-0.2, 0) is 23.9 Å². The molecule has 282 valence electrons. The highest BCUT2D eigenvalue weighted by atomic mass is 16.5. The van der Waals surface area contributed by atoms with Crippen molar-refractivity contribution in [2.45, 2.75) is 137 Å². The largest absolute Gasteiger partial charge is 0.447 e. The number of nitrogens with zero attached hydrogens (tertiary/aromatic N) is 1. The molecule has 0 bridgehead atoms. The van der Waals surface area contributed by atoms with Gasteiger partial charge in [0.15, 0.2) is 0 Å². The number of hydrogen-bond donors (Lipinski definition) is 5. The highest BCUT2D eigenvalue weighted by Crippen LogP contribution is 2.41. The Kier molecular flexibility index (Phi) is 16.5. The zero-order chi connectivity index (χ0) is 37.6. The maximum atomic E-state index is 14.7. The minimum atomic E-state index is -1.15. The Labute approximate surface area is 298 Å². The Bertz CT molecular complexity index is 1230. The van der Waals surface area contributed by atoms with Crippen LogP contribution in [0.1, 0.15) is 113 Å². The molecule has 1 heterocycles. The van der Waals surface area contributed by atoms with Crippen LogP contribution in [0.3, 0.4) is 0 Å². The van der Waals surface area contributed by atoms with Gasteiger partial charge < -0.3 is 36.2 Å². The monoisotopic (exact) mass is 702 g/mol. The molecule has 1 aliphatic carbocycles. The molecular formula is C37H62N6O7. The third-order valence-corrected chi connectivity index (χ3v) is 10.1. The minimum absolute atomic E-state index is 0.0219. The SMILES string of the molecule is C#CCCC(NC(=O)[C@@H]1C(C(C)C)CCN1C(=O)[C@@H](NC(=O)N[C@H](COC(=O)NCC)C(C)(C)C)C1(C)CCCCC1)C(=O)C(=O)NCCC. The van der Waals surface area contributed by atoms with Gasteiger partial charge in [0.05, 0.1) is 12.1 Å². The second-order valence-electron chi connectivity index (χ2n) is 15.4. The summed E-state index contributed by atoms with van der Waals surface area (Å²) in [5, 5.41) is 13.8. The lowest BCUT2D eigenvalue weighted by molar-refractivity contribution is -0.145. The summed E-state index contributed by atoms with van der Waals surface area (Å²) in [6.07, 6.45) is 10.6. The number of carbonyl (C=O) groups is 6. The summed E-state index contributed by atoms with van der Waals surface area (Å²) < 4.78 is 5.35. The van der Waals surface area contributed by atoms with Crippen LogP contribution in [-0.4, -0.2) is 90.9 Å². The predicted molar refractivity (Wildman–Crippen MR) is 192 cm³/mol. The van der Waals surface area contributed by atoms with Gasteiger partial charge in [-0.3, -0.25) is 19.2 Å². The molecule has 2 aliphatic rings. The van der Waals surface area contributed by atoms with E-state index in [0.717, 1.165) is 19.3 Å². The number of terminal acetylenes is 1. The molecule has 1 saturated carbocycles. The number of amides is 6. The van der Waals surface area contributed by atoms with Gasteiger partial charge in [0, 0.05) is 26.1 Å². The molecule has 1 aliphatic heterocycles. The van der Waals surface area contributed by atoms with Crippen molar-refractivity contribution >= 4 is 35.6 Å². The Balaban J connectivity index is 2.41. The molecule has 0 radical (unpaired) electrons. The number of urea groups is 1. The molecule has 0 spiro atoms. The third kappa shape index (κ3) is 11.9. The van der Waals surface area contributed by atoms with Gasteiger partial charge in [-0.2, -0.15) is 0 Å². The van der Waals surface area contributed by atoms with E-state index in [4.69, 9.17) is 11.2 Å². The number of ketones is 1. The van der Waals surface area contributed by atoms with Crippen LogP contribution in [0, 0.1) is 35.0 Å². The minimum Gasteiger partial charge on any atom is -0.447 e. The van der Waals surface area contributed by atoms with E-state index >= 15 is 0 Å². The number of Topliss-reactive ketones (excluding diaryl/α,β-unsaturated/α-hetero) is 1. The lowest BCUT2D eigenvalue weighted by Crippen LogP contribution is -2.63. The van der Waals surface area contributed by atoms with Gasteiger partial charge in [0.2, 0.25) is 17.6 Å². The summed E-state index contributed by atoms with van der Waals surface area (Å²) in [6, 6.07) is -4.16. The van der Waals surface area contributed by atoms with Crippen LogP contribution in [0.4, 0.5) is 9.59 Å². The fourth-order valence-electron chi connectivity index (χ4n) is 6.88. The average Bonchev–Trinajstić information content (AvgIpc) is 3.51. The van der Waals surface area contributed by atoms with Crippen molar-refractivity contribution in [1.29, 1.82) is 0 Å². The summed E-state index contributed by atoms with van der Waals surface area (Å²) in [7, 11) is 0. The van der Waals surface area contributed by atoms with Crippen LogP contribution in [0.25, 0.3) is 0 Å². The average molecular weight is 703 g/mol. The second kappa shape index (κ2) is 19.5. The topological polar surface area (TPSA) is 175 Å². The van der Waals surface area contributed by atoms with Crippen LogP contribution < -0.4 is 26.6 Å². The van der Waals surface area contributed by atoms with Gasteiger partial charge in [-0.25, -0.2) is 9.59 Å². The van der Waals surface area contributed by atoms with Crippen LogP contribution in [0.5, 0.6) is 0 Å². The Morgan fingerprint density at radius 1 is 0.980 bits per heavy atom. The molecule has 13 nitrogen and oxygen atoms in total. The van der Waals surface area contributed by atoms with E-state index in [2.05, 4.69) is 32.5 Å². The lowest BCUT2D eigenvalue weighted by atomic mass is 9.70. The van der Waals surface area contributed by atoms with Crippen molar-refractivity contribution in [2.24, 2.45) is 22.7 Å². The number of likely N-dealkylation sites (tertiary alicyclic amines) is 1. The van der Waals surface area contributed by atoms with Crippen molar-refractivity contribution in [1.82, 2.24) is 31.5 Å². The third-order valence-electron chi connectivity index (χ3n) is 10.1. The van der Waals surface area contributed by atoms with Crippen molar-refractivity contribution in [3.63, 3.8) is 0 Å². The van der Waals surface area contributed by atoms with E-state index in [1.165, 1.54) is 0 Å². The molecule has 50 heavy (non-hydrogen) atoms. The summed E-state index contributed by atoms with van der Waals surface area (Å²) >= 11 is 0. The number of nitrogens with one attached hydrogen (secondary N) is 5. The summed E-state index contributed by atoms with van der Waals surface area (Å²) in [6.45, 7) is 16.3. The van der Waals surface area contributed by atoms with Crippen molar-refractivity contribution in [3.05, 3.63) is 0 Å². The van der Waals surface area contributed by atoms with E-state index in [0.29, 0.717) is 45.3 Å². The molecule has 5 atom stereocenters. The van der Waals surface area contributed by atoms with Gasteiger partial charge >= 0.3 is 12.1 Å². The van der Waals surface area contributed by atoms with Crippen molar-refractivity contribution < 1.29 is 33.5 Å². The molecule has 1 saturated heterocycles. The van der Waals surface area contributed by atoms with Crippen molar-refractivity contribution in [2.75, 3.05) is 26.2 Å². The second-order valence-corrected chi connectivity index (χ2v) is 15.4. The Hall–Kier alpha value is -3.82. The first kappa shape index (κ1) is 42.3. The summed E-state index contributed by atoms with van der Waals surface area (Å²) in [5.74, 6) is -0.197. The first-order valence-corrected chi connectivity index (χ1v) is 18.3. The van der Waals surface area contributed by atoms with Gasteiger partial charge in [0.1, 0.15) is 18.7 Å². The van der Waals surface area contributed by atoms with E-state index in [9.17, 15) is 28.8 Å². The number of hydrogen-bond acceptors (Lipinski definition) is 7. The molecule has 2 fully saturated rings. The fraction of sp³-hybridized carbons (Fsp3) is 0.784. The normalized spacial score (nSPS) is 20.4. The smallest absolute Gasteiger partial charge is 0.407 e. The van der Waals surface area contributed by atoms with Crippen molar-refractivity contribution in [3.8, 4) is 12.3 Å². The highest BCUT2D eigenvalue weighted by molar-refractivity contribution is 6.38. The zero-order valence-electron chi connectivity index (χ0n) is 31.5. The summed E-state index contributed by atoms with van der Waals surface area (Å²) in [4.78, 5) is 81.9. The first-order chi connectivity index (χ1) is 23.5. The van der Waals surface area contributed by atoms with E-state index in [-0.39, 0.29) is 37.2 Å². The van der Waals surface area contributed by atoms with Gasteiger partial charge in [-0.05, 0) is 61.7 Å². The summed E-state index contributed by atoms with van der Waals surface area (Å²) in [5.41, 5.74) is -1.07. The quantitative estimate of drug-likeness (QED) is 0.121. The maximum absolute atomic E-state index is 14.7. The molecule has 2 rings (SSSR count). The van der Waals surface area contributed by atoms with E-state index < -0.39 is 64.7 Å². The predicted octanol–water partition coefficient (Wildman–Crippen LogP) is 3.65. The number of ether oxygens (including phenoxy) is 1. The van der Waals surface area contributed by atoms with E-state index in [1.807, 2.05) is 48.5 Å². The molecule has 13 heteroatoms. The molecule has 2 unspecified atom stereocenters. The number of carbonyl (C=O) groups excluding carboxylic acids is 6. The van der Waals surface area contributed by atoms with Crippen LogP contribution in [0.2, 0.25) is 0 Å². The molecule has 0 aromatic carbocycles.